The van der Waals surface area contributed by atoms with Crippen LogP contribution in [0.5, 0.6) is 0 Å². The van der Waals surface area contributed by atoms with Gasteiger partial charge in [0.2, 0.25) is 0 Å². The number of likely N-dealkylation sites (N-methyl/N-ethyl adjacent to an activating group) is 1. The Hall–Kier alpha value is -0.870. The van der Waals surface area contributed by atoms with E-state index in [1.807, 2.05) is 17.9 Å². The highest BCUT2D eigenvalue weighted by atomic mass is 15.2. The van der Waals surface area contributed by atoms with E-state index in [2.05, 4.69) is 37.1 Å². The Balaban J connectivity index is 2.65. The molecule has 4 heteroatoms. The SMILES string of the molecule is CCCC(C)(CN)N(C)Cc1cnn(C)c1. The van der Waals surface area contributed by atoms with Crippen LogP contribution < -0.4 is 5.73 Å². The van der Waals surface area contributed by atoms with Crippen molar-refractivity contribution in [2.45, 2.75) is 38.8 Å². The van der Waals surface area contributed by atoms with Gasteiger partial charge in [0.05, 0.1) is 6.20 Å². The molecule has 0 saturated carbocycles. The number of hydrogen-bond acceptors (Lipinski definition) is 3. The van der Waals surface area contributed by atoms with Gasteiger partial charge in [-0.1, -0.05) is 13.3 Å². The second-order valence-electron chi connectivity index (χ2n) is 4.83. The van der Waals surface area contributed by atoms with Gasteiger partial charge in [0.25, 0.3) is 0 Å². The molecule has 0 bridgehead atoms. The molecule has 1 aromatic rings. The molecule has 92 valence electrons. The molecule has 0 fully saturated rings. The van der Waals surface area contributed by atoms with Crippen LogP contribution >= 0.6 is 0 Å². The molecule has 0 spiro atoms. The molecule has 0 radical (unpaired) electrons. The Kier molecular flexibility index (Phi) is 4.50. The van der Waals surface area contributed by atoms with Gasteiger partial charge in [0.1, 0.15) is 0 Å². The molecule has 0 aliphatic heterocycles. The summed E-state index contributed by atoms with van der Waals surface area (Å²) in [6.07, 6.45) is 6.25. The summed E-state index contributed by atoms with van der Waals surface area (Å²) in [6, 6.07) is 0. The van der Waals surface area contributed by atoms with Crippen LogP contribution in [0.25, 0.3) is 0 Å². The van der Waals surface area contributed by atoms with Crippen LogP contribution in [0.1, 0.15) is 32.3 Å². The summed E-state index contributed by atoms with van der Waals surface area (Å²) in [6.45, 7) is 6.03. The predicted molar refractivity (Wildman–Crippen MR) is 67.0 cm³/mol. The Morgan fingerprint density at radius 2 is 2.25 bits per heavy atom. The first-order chi connectivity index (χ1) is 7.51. The Morgan fingerprint density at radius 3 is 2.69 bits per heavy atom. The number of hydrogen-bond donors (Lipinski definition) is 1. The van der Waals surface area contributed by atoms with Crippen LogP contribution in [-0.4, -0.2) is 33.8 Å². The molecule has 2 N–H and O–H groups in total. The second kappa shape index (κ2) is 5.46. The predicted octanol–water partition coefficient (Wildman–Crippen LogP) is 1.37. The molecule has 4 nitrogen and oxygen atoms in total. The first-order valence-corrected chi connectivity index (χ1v) is 5.90. The summed E-state index contributed by atoms with van der Waals surface area (Å²) in [5.74, 6) is 0. The molecule has 1 unspecified atom stereocenters. The van der Waals surface area contributed by atoms with E-state index in [9.17, 15) is 0 Å². The average Bonchev–Trinajstić information content (AvgIpc) is 2.64. The average molecular weight is 224 g/mol. The van der Waals surface area contributed by atoms with E-state index in [0.717, 1.165) is 19.4 Å². The van der Waals surface area contributed by atoms with Crippen LogP contribution in [0.4, 0.5) is 0 Å². The van der Waals surface area contributed by atoms with E-state index >= 15 is 0 Å². The van der Waals surface area contributed by atoms with Crippen LogP contribution in [-0.2, 0) is 13.6 Å². The zero-order chi connectivity index (χ0) is 12.2. The topological polar surface area (TPSA) is 47.1 Å². The first-order valence-electron chi connectivity index (χ1n) is 5.90. The maximum absolute atomic E-state index is 5.89. The highest BCUT2D eigenvalue weighted by molar-refractivity contribution is 5.04. The number of nitrogens with two attached hydrogens (primary N) is 1. The smallest absolute Gasteiger partial charge is 0.0534 e. The Bertz CT molecular complexity index is 321. The van der Waals surface area contributed by atoms with Crippen molar-refractivity contribution >= 4 is 0 Å². The van der Waals surface area contributed by atoms with Crippen LogP contribution in [0, 0.1) is 0 Å². The molecule has 1 atom stereocenters. The molecule has 1 heterocycles. The summed E-state index contributed by atoms with van der Waals surface area (Å²) >= 11 is 0. The largest absolute Gasteiger partial charge is 0.329 e. The number of aromatic nitrogens is 2. The van der Waals surface area contributed by atoms with E-state index in [1.165, 1.54) is 5.56 Å². The van der Waals surface area contributed by atoms with Gasteiger partial charge in [-0.05, 0) is 20.4 Å². The highest BCUT2D eigenvalue weighted by Gasteiger charge is 2.26. The zero-order valence-corrected chi connectivity index (χ0v) is 10.9. The molecular weight excluding hydrogens is 200 g/mol. The Morgan fingerprint density at radius 1 is 1.56 bits per heavy atom. The number of rotatable bonds is 6. The van der Waals surface area contributed by atoms with Gasteiger partial charge >= 0.3 is 0 Å². The van der Waals surface area contributed by atoms with Crippen molar-refractivity contribution in [1.82, 2.24) is 14.7 Å². The van der Waals surface area contributed by atoms with Crippen molar-refractivity contribution in [3.8, 4) is 0 Å². The van der Waals surface area contributed by atoms with Crippen LogP contribution in [0.15, 0.2) is 12.4 Å². The second-order valence-corrected chi connectivity index (χ2v) is 4.83. The summed E-state index contributed by atoms with van der Waals surface area (Å²) in [5, 5.41) is 4.18. The fraction of sp³-hybridized carbons (Fsp3) is 0.750. The van der Waals surface area contributed by atoms with Gasteiger partial charge in [0.15, 0.2) is 0 Å². The molecule has 0 aliphatic rings. The lowest BCUT2D eigenvalue weighted by atomic mass is 9.94. The van der Waals surface area contributed by atoms with E-state index in [0.29, 0.717) is 6.54 Å². The molecule has 0 amide bonds. The fourth-order valence-electron chi connectivity index (χ4n) is 2.01. The van der Waals surface area contributed by atoms with Gasteiger partial charge in [-0.2, -0.15) is 5.10 Å². The quantitative estimate of drug-likeness (QED) is 0.794. The van der Waals surface area contributed by atoms with Gasteiger partial charge in [0, 0.05) is 37.4 Å². The van der Waals surface area contributed by atoms with Crippen molar-refractivity contribution in [2.24, 2.45) is 12.8 Å². The van der Waals surface area contributed by atoms with Gasteiger partial charge < -0.3 is 5.73 Å². The van der Waals surface area contributed by atoms with Gasteiger partial charge in [-0.3, -0.25) is 9.58 Å². The third-order valence-corrected chi connectivity index (χ3v) is 3.33. The Labute approximate surface area is 98.4 Å². The van der Waals surface area contributed by atoms with Crippen molar-refractivity contribution < 1.29 is 0 Å². The summed E-state index contributed by atoms with van der Waals surface area (Å²) < 4.78 is 1.84. The summed E-state index contributed by atoms with van der Waals surface area (Å²) in [7, 11) is 4.08. The first kappa shape index (κ1) is 13.2. The van der Waals surface area contributed by atoms with Crippen molar-refractivity contribution in [1.29, 1.82) is 0 Å². The van der Waals surface area contributed by atoms with Crippen molar-refractivity contribution in [3.05, 3.63) is 18.0 Å². The van der Waals surface area contributed by atoms with E-state index in [-0.39, 0.29) is 5.54 Å². The fourth-order valence-corrected chi connectivity index (χ4v) is 2.01. The van der Waals surface area contributed by atoms with Crippen LogP contribution in [0.2, 0.25) is 0 Å². The standard InChI is InChI=1S/C12H24N4/c1-5-6-12(2,10-13)15(3)8-11-7-14-16(4)9-11/h7,9H,5-6,8,10,13H2,1-4H3. The monoisotopic (exact) mass is 224 g/mol. The molecule has 0 aromatic carbocycles. The van der Waals surface area contributed by atoms with Gasteiger partial charge in [-0.15, -0.1) is 0 Å². The third-order valence-electron chi connectivity index (χ3n) is 3.33. The minimum absolute atomic E-state index is 0.0879. The molecule has 0 aliphatic carbocycles. The van der Waals surface area contributed by atoms with E-state index < -0.39 is 0 Å². The molecule has 0 saturated heterocycles. The molecular formula is C12H24N4. The van der Waals surface area contributed by atoms with Crippen molar-refractivity contribution in [3.63, 3.8) is 0 Å². The molecule has 1 aromatic heterocycles. The third kappa shape index (κ3) is 3.06. The number of aryl methyl sites for hydroxylation is 1. The summed E-state index contributed by atoms with van der Waals surface area (Å²) in [4.78, 5) is 2.33. The maximum atomic E-state index is 5.89. The van der Waals surface area contributed by atoms with Crippen molar-refractivity contribution in [2.75, 3.05) is 13.6 Å². The maximum Gasteiger partial charge on any atom is 0.0534 e. The lowest BCUT2D eigenvalue weighted by Gasteiger charge is -2.37. The molecule has 1 rings (SSSR count). The minimum atomic E-state index is 0.0879. The molecule has 16 heavy (non-hydrogen) atoms. The lowest BCUT2D eigenvalue weighted by Crippen LogP contribution is -2.49. The summed E-state index contributed by atoms with van der Waals surface area (Å²) in [5.41, 5.74) is 7.22. The number of nitrogens with zero attached hydrogens (tertiary/aromatic N) is 3. The van der Waals surface area contributed by atoms with Crippen LogP contribution in [0.3, 0.4) is 0 Å². The van der Waals surface area contributed by atoms with E-state index in [4.69, 9.17) is 5.73 Å². The lowest BCUT2D eigenvalue weighted by molar-refractivity contribution is 0.125. The normalized spacial score (nSPS) is 15.4. The zero-order valence-electron chi connectivity index (χ0n) is 10.9. The van der Waals surface area contributed by atoms with Gasteiger partial charge in [-0.25, -0.2) is 0 Å². The highest BCUT2D eigenvalue weighted by Crippen LogP contribution is 2.20. The van der Waals surface area contributed by atoms with E-state index in [1.54, 1.807) is 0 Å². The minimum Gasteiger partial charge on any atom is -0.329 e.